The Balaban J connectivity index is 3.00. The van der Waals surface area contributed by atoms with E-state index in [9.17, 15) is 4.79 Å². The molecule has 0 aromatic heterocycles. The maximum absolute atomic E-state index is 10.1. The lowest BCUT2D eigenvalue weighted by molar-refractivity contribution is -0.107. The van der Waals surface area contributed by atoms with Gasteiger partial charge in [-0.3, -0.25) is 0 Å². The van der Waals surface area contributed by atoms with Crippen LogP contribution in [0.1, 0.15) is 84.0 Å². The summed E-state index contributed by atoms with van der Waals surface area (Å²) in [6.45, 7) is 2.57. The molecule has 0 fully saturated rings. The molecule has 2 heteroatoms. The summed E-state index contributed by atoms with van der Waals surface area (Å²) in [6, 6.07) is 0. The van der Waals surface area contributed by atoms with E-state index in [0.29, 0.717) is 12.5 Å². The Bertz CT molecular complexity index is 168. The molecule has 0 saturated carbocycles. The van der Waals surface area contributed by atoms with Crippen molar-refractivity contribution >= 4 is 6.29 Å². The highest BCUT2D eigenvalue weighted by Crippen LogP contribution is 2.15. The topological polar surface area (TPSA) is 37.3 Å². The minimum absolute atomic E-state index is 0.339. The fraction of sp³-hybridized carbons (Fsp3) is 0.938. The van der Waals surface area contributed by atoms with Crippen molar-refractivity contribution in [2.24, 2.45) is 5.92 Å². The van der Waals surface area contributed by atoms with Gasteiger partial charge >= 0.3 is 0 Å². The van der Waals surface area contributed by atoms with Crippen molar-refractivity contribution in [2.75, 3.05) is 6.61 Å². The molecule has 0 saturated heterocycles. The summed E-state index contributed by atoms with van der Waals surface area (Å²) < 4.78 is 0. The fourth-order valence-corrected chi connectivity index (χ4v) is 2.32. The van der Waals surface area contributed by atoms with Crippen LogP contribution in [0.15, 0.2) is 0 Å². The van der Waals surface area contributed by atoms with Crippen molar-refractivity contribution in [3.63, 3.8) is 0 Å². The van der Waals surface area contributed by atoms with Gasteiger partial charge in [-0.1, -0.05) is 64.7 Å². The van der Waals surface area contributed by atoms with E-state index in [-0.39, 0.29) is 0 Å². The van der Waals surface area contributed by atoms with Crippen molar-refractivity contribution in [1.29, 1.82) is 0 Å². The minimum Gasteiger partial charge on any atom is -0.396 e. The molecule has 0 aromatic rings. The number of aliphatic hydroxyl groups is 1. The van der Waals surface area contributed by atoms with Crippen LogP contribution in [0.3, 0.4) is 0 Å². The molecular formula is C16H32O2. The second-order valence-corrected chi connectivity index (χ2v) is 5.54. The van der Waals surface area contributed by atoms with Gasteiger partial charge in [-0.25, -0.2) is 0 Å². The number of unbranched alkanes of at least 4 members (excludes halogenated alkanes) is 9. The van der Waals surface area contributed by atoms with E-state index in [1.54, 1.807) is 0 Å². The highest BCUT2D eigenvalue weighted by molar-refractivity contribution is 5.48. The van der Waals surface area contributed by atoms with Crippen LogP contribution >= 0.6 is 0 Å². The molecule has 1 atom stereocenters. The molecule has 1 N–H and O–H groups in total. The number of carbonyl (C=O) groups excluding carboxylic acids is 1. The Kier molecular flexibility index (Phi) is 14.4. The van der Waals surface area contributed by atoms with Gasteiger partial charge in [0.1, 0.15) is 6.29 Å². The zero-order chi connectivity index (χ0) is 13.5. The second kappa shape index (κ2) is 14.7. The molecule has 0 spiro atoms. The van der Waals surface area contributed by atoms with Gasteiger partial charge in [0, 0.05) is 13.0 Å². The molecule has 108 valence electrons. The lowest BCUT2D eigenvalue weighted by Gasteiger charge is -2.08. The molecule has 0 rings (SSSR count). The maximum atomic E-state index is 10.1. The molecule has 1 unspecified atom stereocenters. The van der Waals surface area contributed by atoms with Gasteiger partial charge in [0.25, 0.3) is 0 Å². The van der Waals surface area contributed by atoms with E-state index >= 15 is 0 Å². The molecular weight excluding hydrogens is 224 g/mol. The Morgan fingerprint density at radius 1 is 0.833 bits per heavy atom. The highest BCUT2D eigenvalue weighted by Gasteiger charge is 2.00. The van der Waals surface area contributed by atoms with Crippen LogP contribution in [-0.2, 0) is 4.79 Å². The smallest absolute Gasteiger partial charge is 0.119 e. The number of hydrogen-bond donors (Lipinski definition) is 1. The minimum atomic E-state index is 0.339. The summed E-state index contributed by atoms with van der Waals surface area (Å²) in [6.07, 6.45) is 15.7. The molecule has 2 nitrogen and oxygen atoms in total. The summed E-state index contributed by atoms with van der Waals surface area (Å²) in [5.41, 5.74) is 0. The number of rotatable bonds is 14. The van der Waals surface area contributed by atoms with Crippen LogP contribution in [0.4, 0.5) is 0 Å². The zero-order valence-electron chi connectivity index (χ0n) is 12.2. The molecule has 0 aliphatic heterocycles. The first-order valence-electron chi connectivity index (χ1n) is 7.85. The Hall–Kier alpha value is -0.370. The van der Waals surface area contributed by atoms with Gasteiger partial charge in [-0.05, 0) is 18.8 Å². The van der Waals surface area contributed by atoms with Gasteiger partial charge in [0.15, 0.2) is 0 Å². The van der Waals surface area contributed by atoms with Gasteiger partial charge in [0.05, 0.1) is 0 Å². The summed E-state index contributed by atoms with van der Waals surface area (Å²) in [5.74, 6) is 0.688. The normalized spacial score (nSPS) is 12.6. The van der Waals surface area contributed by atoms with Crippen LogP contribution in [-0.4, -0.2) is 18.0 Å². The van der Waals surface area contributed by atoms with Gasteiger partial charge in [-0.15, -0.1) is 0 Å². The second-order valence-electron chi connectivity index (χ2n) is 5.54. The molecule has 0 radical (unpaired) electrons. The van der Waals surface area contributed by atoms with E-state index in [1.807, 2.05) is 0 Å². The fourth-order valence-electron chi connectivity index (χ4n) is 2.32. The third-order valence-electron chi connectivity index (χ3n) is 3.64. The number of hydrogen-bond acceptors (Lipinski definition) is 2. The van der Waals surface area contributed by atoms with Crippen molar-refractivity contribution in [2.45, 2.75) is 84.0 Å². The number of carbonyl (C=O) groups is 1. The van der Waals surface area contributed by atoms with Crippen LogP contribution in [0, 0.1) is 5.92 Å². The Labute approximate surface area is 113 Å². The van der Waals surface area contributed by atoms with E-state index in [4.69, 9.17) is 5.11 Å². The van der Waals surface area contributed by atoms with Crippen LogP contribution < -0.4 is 0 Å². The summed E-state index contributed by atoms with van der Waals surface area (Å²) in [7, 11) is 0. The average Bonchev–Trinajstić information content (AvgIpc) is 2.36. The molecule has 18 heavy (non-hydrogen) atoms. The van der Waals surface area contributed by atoms with Crippen LogP contribution in [0.2, 0.25) is 0 Å². The summed E-state index contributed by atoms with van der Waals surface area (Å²) in [5, 5.41) is 8.79. The highest BCUT2D eigenvalue weighted by atomic mass is 16.3. The molecule has 0 aliphatic carbocycles. The molecule has 0 aliphatic rings. The first-order valence-corrected chi connectivity index (χ1v) is 7.85. The third-order valence-corrected chi connectivity index (χ3v) is 3.64. The molecule has 0 amide bonds. The first kappa shape index (κ1) is 17.6. The first-order chi connectivity index (χ1) is 8.81. The Morgan fingerprint density at radius 2 is 1.33 bits per heavy atom. The number of aliphatic hydroxyl groups excluding tert-OH is 1. The lowest BCUT2D eigenvalue weighted by atomic mass is 9.99. The summed E-state index contributed by atoms with van der Waals surface area (Å²) in [4.78, 5) is 10.1. The average molecular weight is 256 g/mol. The maximum Gasteiger partial charge on any atom is 0.119 e. The van der Waals surface area contributed by atoms with Gasteiger partial charge in [0.2, 0.25) is 0 Å². The van der Waals surface area contributed by atoms with E-state index in [2.05, 4.69) is 6.92 Å². The van der Waals surface area contributed by atoms with Crippen molar-refractivity contribution in [3.8, 4) is 0 Å². The van der Waals surface area contributed by atoms with Crippen LogP contribution in [0.25, 0.3) is 0 Å². The van der Waals surface area contributed by atoms with E-state index in [1.165, 1.54) is 57.8 Å². The van der Waals surface area contributed by atoms with Crippen molar-refractivity contribution in [3.05, 3.63) is 0 Å². The molecule has 0 heterocycles. The third kappa shape index (κ3) is 13.7. The van der Waals surface area contributed by atoms with Gasteiger partial charge < -0.3 is 9.90 Å². The molecule has 0 bridgehead atoms. The van der Waals surface area contributed by atoms with Crippen LogP contribution in [0.5, 0.6) is 0 Å². The van der Waals surface area contributed by atoms with Gasteiger partial charge in [-0.2, -0.15) is 0 Å². The largest absolute Gasteiger partial charge is 0.396 e. The van der Waals surface area contributed by atoms with Crippen molar-refractivity contribution < 1.29 is 9.90 Å². The monoisotopic (exact) mass is 256 g/mol. The quantitative estimate of drug-likeness (QED) is 0.367. The van der Waals surface area contributed by atoms with Crippen molar-refractivity contribution in [1.82, 2.24) is 0 Å². The summed E-state index contributed by atoms with van der Waals surface area (Å²) >= 11 is 0. The SMILES string of the molecule is CC(CCO)CCCCCCCCCCCC=O. The standard InChI is InChI=1S/C16H32O2/c1-16(13-15-18)12-10-8-6-4-2-3-5-7-9-11-14-17/h14,16,18H,2-13,15H2,1H3. The predicted octanol–water partition coefficient (Wildman–Crippen LogP) is 4.49. The number of aldehydes is 1. The van der Waals surface area contributed by atoms with E-state index < -0.39 is 0 Å². The zero-order valence-corrected chi connectivity index (χ0v) is 12.2. The lowest BCUT2D eigenvalue weighted by Crippen LogP contribution is -1.97. The van der Waals surface area contributed by atoms with E-state index in [0.717, 1.165) is 25.5 Å². The Morgan fingerprint density at radius 3 is 1.83 bits per heavy atom. The predicted molar refractivity (Wildman–Crippen MR) is 77.7 cm³/mol. The molecule has 0 aromatic carbocycles.